The summed E-state index contributed by atoms with van der Waals surface area (Å²) >= 11 is 1.56. The van der Waals surface area contributed by atoms with Gasteiger partial charge in [0, 0.05) is 5.38 Å². The number of fused-ring (bicyclic) bond motifs is 1. The second-order valence-corrected chi connectivity index (χ2v) is 5.29. The lowest BCUT2D eigenvalue weighted by Crippen LogP contribution is -2.12. The van der Waals surface area contributed by atoms with Crippen LogP contribution < -0.4 is 14.3 Å². The van der Waals surface area contributed by atoms with Gasteiger partial charge in [0.1, 0.15) is 0 Å². The molecule has 6 heteroatoms. The molecule has 2 aromatic rings. The van der Waals surface area contributed by atoms with Crippen molar-refractivity contribution in [3.8, 4) is 11.5 Å². The number of hydrogen-bond acceptors (Lipinski definition) is 5. The monoisotopic (exact) mass is 301 g/mol. The second kappa shape index (κ2) is 5.97. The molecule has 1 aromatic heterocycles. The van der Waals surface area contributed by atoms with Crippen molar-refractivity contribution in [3.05, 3.63) is 52.3 Å². The fourth-order valence-corrected chi connectivity index (χ4v) is 2.71. The molecule has 0 radical (unpaired) electrons. The number of nitrogens with zero attached hydrogens (tertiary/aromatic N) is 3. The first-order chi connectivity index (χ1) is 10.3. The van der Waals surface area contributed by atoms with Crippen molar-refractivity contribution in [2.45, 2.75) is 6.92 Å². The van der Waals surface area contributed by atoms with Gasteiger partial charge in [0.25, 0.3) is 0 Å². The zero-order valence-corrected chi connectivity index (χ0v) is 12.5. The fourth-order valence-electron chi connectivity index (χ4n) is 1.89. The molecular formula is C15H15N3O2S. The Bertz CT molecular complexity index is 759. The average Bonchev–Trinajstić information content (AvgIpc) is 3.09. The Balaban J connectivity index is 1.89. The molecule has 0 saturated heterocycles. The van der Waals surface area contributed by atoms with Crippen LogP contribution >= 0.6 is 11.3 Å². The normalized spacial score (nSPS) is 14.0. The van der Waals surface area contributed by atoms with Gasteiger partial charge in [-0.3, -0.25) is 4.99 Å². The SMILES string of the molecule is C=CCN=c1scc(C)n1/N=C/c1ccc2c(c1)OCO2. The van der Waals surface area contributed by atoms with Crippen LogP contribution in [0, 0.1) is 6.92 Å². The van der Waals surface area contributed by atoms with Crippen molar-refractivity contribution in [3.63, 3.8) is 0 Å². The van der Waals surface area contributed by atoms with Gasteiger partial charge in [-0.2, -0.15) is 5.10 Å². The summed E-state index contributed by atoms with van der Waals surface area (Å²) in [5.74, 6) is 1.52. The quantitative estimate of drug-likeness (QED) is 0.643. The van der Waals surface area contributed by atoms with Crippen LogP contribution in [0.25, 0.3) is 0 Å². The average molecular weight is 301 g/mol. The fraction of sp³-hybridized carbons (Fsp3) is 0.200. The number of aromatic nitrogens is 1. The highest BCUT2D eigenvalue weighted by atomic mass is 32.1. The maximum atomic E-state index is 5.36. The molecule has 0 aliphatic carbocycles. The van der Waals surface area contributed by atoms with E-state index in [4.69, 9.17) is 9.47 Å². The number of hydrogen-bond donors (Lipinski definition) is 0. The molecule has 108 valence electrons. The van der Waals surface area contributed by atoms with E-state index in [0.29, 0.717) is 6.54 Å². The standard InChI is InChI=1S/C15H15N3O2S/c1-3-6-16-15-18(11(2)9-21-15)17-8-12-4-5-13-14(7-12)20-10-19-13/h3-5,7-9H,1,6,10H2,2H3/b16-15?,17-8+. The van der Waals surface area contributed by atoms with Crippen molar-refractivity contribution >= 4 is 17.6 Å². The van der Waals surface area contributed by atoms with Gasteiger partial charge < -0.3 is 9.47 Å². The number of aryl methyl sites for hydroxylation is 1. The minimum Gasteiger partial charge on any atom is -0.454 e. The van der Waals surface area contributed by atoms with E-state index in [2.05, 4.69) is 16.7 Å². The molecule has 0 saturated carbocycles. The molecule has 0 amide bonds. The lowest BCUT2D eigenvalue weighted by atomic mass is 10.2. The highest BCUT2D eigenvalue weighted by Crippen LogP contribution is 2.31. The van der Waals surface area contributed by atoms with E-state index < -0.39 is 0 Å². The first-order valence-electron chi connectivity index (χ1n) is 6.50. The molecule has 0 fully saturated rings. The molecule has 1 aliphatic rings. The Hall–Kier alpha value is -2.34. The van der Waals surface area contributed by atoms with E-state index in [0.717, 1.165) is 27.6 Å². The molecule has 0 atom stereocenters. The zero-order valence-electron chi connectivity index (χ0n) is 11.7. The zero-order chi connectivity index (χ0) is 14.7. The smallest absolute Gasteiger partial charge is 0.231 e. The van der Waals surface area contributed by atoms with Crippen LogP contribution in [-0.2, 0) is 0 Å². The van der Waals surface area contributed by atoms with Crippen molar-refractivity contribution in [1.82, 2.24) is 4.68 Å². The van der Waals surface area contributed by atoms with Crippen molar-refractivity contribution < 1.29 is 9.47 Å². The molecule has 0 spiro atoms. The van der Waals surface area contributed by atoms with Crippen LogP contribution in [0.5, 0.6) is 11.5 Å². The summed E-state index contributed by atoms with van der Waals surface area (Å²) in [4.78, 5) is 5.27. The molecule has 0 N–H and O–H groups in total. The second-order valence-electron chi connectivity index (χ2n) is 4.46. The Kier molecular flexibility index (Phi) is 3.87. The first-order valence-corrected chi connectivity index (χ1v) is 7.38. The number of rotatable bonds is 4. The van der Waals surface area contributed by atoms with Gasteiger partial charge in [0.2, 0.25) is 11.6 Å². The van der Waals surface area contributed by atoms with Gasteiger partial charge in [0.05, 0.1) is 18.5 Å². The summed E-state index contributed by atoms with van der Waals surface area (Å²) in [6, 6.07) is 5.74. The number of ether oxygens (including phenoxy) is 2. The molecule has 1 aliphatic heterocycles. The molecule has 3 rings (SSSR count). The van der Waals surface area contributed by atoms with E-state index in [1.54, 1.807) is 23.6 Å². The molecule has 1 aromatic carbocycles. The Morgan fingerprint density at radius 3 is 3.10 bits per heavy atom. The van der Waals surface area contributed by atoms with Gasteiger partial charge in [0.15, 0.2) is 11.5 Å². The Morgan fingerprint density at radius 2 is 2.24 bits per heavy atom. The predicted molar refractivity (Wildman–Crippen MR) is 83.2 cm³/mol. The van der Waals surface area contributed by atoms with Crippen molar-refractivity contribution in [1.29, 1.82) is 0 Å². The first kappa shape index (κ1) is 13.6. The molecular weight excluding hydrogens is 286 g/mol. The van der Waals surface area contributed by atoms with Gasteiger partial charge >= 0.3 is 0 Å². The summed E-state index contributed by atoms with van der Waals surface area (Å²) < 4.78 is 12.5. The third-order valence-electron chi connectivity index (χ3n) is 2.92. The number of benzene rings is 1. The molecule has 5 nitrogen and oxygen atoms in total. The summed E-state index contributed by atoms with van der Waals surface area (Å²) in [6.07, 6.45) is 3.55. The molecule has 21 heavy (non-hydrogen) atoms. The third kappa shape index (κ3) is 2.90. The van der Waals surface area contributed by atoms with Crippen LogP contribution in [0.3, 0.4) is 0 Å². The minimum absolute atomic E-state index is 0.277. The van der Waals surface area contributed by atoms with Crippen LogP contribution in [0.2, 0.25) is 0 Å². The van der Waals surface area contributed by atoms with Crippen LogP contribution in [0.15, 0.2) is 46.3 Å². The largest absolute Gasteiger partial charge is 0.454 e. The van der Waals surface area contributed by atoms with E-state index in [1.807, 2.05) is 35.2 Å². The van der Waals surface area contributed by atoms with Crippen LogP contribution in [0.1, 0.15) is 11.3 Å². The topological polar surface area (TPSA) is 48.1 Å². The number of thiazole rings is 1. The van der Waals surface area contributed by atoms with E-state index in [9.17, 15) is 0 Å². The lowest BCUT2D eigenvalue weighted by Gasteiger charge is -1.99. The van der Waals surface area contributed by atoms with Gasteiger partial charge in [-0.25, -0.2) is 4.68 Å². The summed E-state index contributed by atoms with van der Waals surface area (Å²) in [7, 11) is 0. The molecule has 0 bridgehead atoms. The van der Waals surface area contributed by atoms with Crippen molar-refractivity contribution in [2.24, 2.45) is 10.1 Å². The molecule has 2 heterocycles. The van der Waals surface area contributed by atoms with Crippen LogP contribution in [0.4, 0.5) is 0 Å². The highest BCUT2D eigenvalue weighted by Gasteiger charge is 2.12. The van der Waals surface area contributed by atoms with E-state index in [1.165, 1.54) is 0 Å². The maximum Gasteiger partial charge on any atom is 0.231 e. The third-order valence-corrected chi connectivity index (χ3v) is 3.90. The van der Waals surface area contributed by atoms with Gasteiger partial charge in [-0.05, 0) is 30.7 Å². The lowest BCUT2D eigenvalue weighted by molar-refractivity contribution is 0.174. The van der Waals surface area contributed by atoms with Crippen LogP contribution in [-0.4, -0.2) is 24.2 Å². The summed E-state index contributed by atoms with van der Waals surface area (Å²) in [6.45, 7) is 6.54. The molecule has 0 unspecified atom stereocenters. The minimum atomic E-state index is 0.277. The Labute approximate surface area is 126 Å². The van der Waals surface area contributed by atoms with Gasteiger partial charge in [-0.1, -0.05) is 6.08 Å². The summed E-state index contributed by atoms with van der Waals surface area (Å²) in [5.41, 5.74) is 1.99. The van der Waals surface area contributed by atoms with Gasteiger partial charge in [-0.15, -0.1) is 17.9 Å². The summed E-state index contributed by atoms with van der Waals surface area (Å²) in [5, 5.41) is 6.52. The van der Waals surface area contributed by atoms with E-state index >= 15 is 0 Å². The highest BCUT2D eigenvalue weighted by molar-refractivity contribution is 7.07. The maximum absolute atomic E-state index is 5.36. The Morgan fingerprint density at radius 1 is 1.38 bits per heavy atom. The van der Waals surface area contributed by atoms with E-state index in [-0.39, 0.29) is 6.79 Å². The predicted octanol–water partition coefficient (Wildman–Crippen LogP) is 2.56. The van der Waals surface area contributed by atoms with Crippen molar-refractivity contribution in [2.75, 3.05) is 13.3 Å².